The monoisotopic (exact) mass is 454 g/mol. The molecule has 3 rings (SSSR count). The second-order valence-corrected chi connectivity index (χ2v) is 7.20. The number of ketones is 1. The lowest BCUT2D eigenvalue weighted by Gasteiger charge is -2.17. The Morgan fingerprint density at radius 2 is 1.88 bits per heavy atom. The van der Waals surface area contributed by atoms with Crippen LogP contribution in [0.1, 0.15) is 33.4 Å². The molecule has 9 nitrogen and oxygen atoms in total. The van der Waals surface area contributed by atoms with E-state index in [9.17, 15) is 24.6 Å². The molecule has 0 saturated heterocycles. The van der Waals surface area contributed by atoms with E-state index in [4.69, 9.17) is 19.0 Å². The Morgan fingerprint density at radius 3 is 2.55 bits per heavy atom. The molecule has 0 amide bonds. The molecule has 0 saturated carbocycles. The largest absolute Gasteiger partial charge is 0.507 e. The van der Waals surface area contributed by atoms with Crippen molar-refractivity contribution >= 4 is 22.7 Å². The molecular weight excluding hydrogens is 432 g/mol. The number of aliphatic hydroxyl groups excluding tert-OH is 1. The fraction of sp³-hybridized carbons (Fsp3) is 0.208. The van der Waals surface area contributed by atoms with Crippen LogP contribution in [0.15, 0.2) is 58.3 Å². The molecule has 1 aromatic heterocycles. The highest BCUT2D eigenvalue weighted by Gasteiger charge is 2.17. The summed E-state index contributed by atoms with van der Waals surface area (Å²) in [5, 5.41) is 29.8. The van der Waals surface area contributed by atoms with E-state index < -0.39 is 23.3 Å². The standard InChI is InChI=1S/C24H22O9/c1-3-4-18-20(8-7-16(13(2)25)23(18)28)32-12-14(26)11-31-15-5-6-17-19(27)10-22(24(29)30)33-21(17)9-15/h3,5-10,14,26,28H,1,4,11-12H2,2H3,(H,29,30). The van der Waals surface area contributed by atoms with Gasteiger partial charge in [0.25, 0.3) is 0 Å². The number of carbonyl (C=O) groups excluding carboxylic acids is 1. The normalized spacial score (nSPS) is 11.7. The van der Waals surface area contributed by atoms with Gasteiger partial charge in [-0.3, -0.25) is 9.59 Å². The van der Waals surface area contributed by atoms with Gasteiger partial charge in [0.15, 0.2) is 11.2 Å². The molecule has 3 aromatic rings. The third-order valence-electron chi connectivity index (χ3n) is 4.75. The number of phenolic OH excluding ortho intramolecular Hbond substituents is 1. The van der Waals surface area contributed by atoms with Gasteiger partial charge in [-0.25, -0.2) is 4.79 Å². The van der Waals surface area contributed by atoms with E-state index in [1.54, 1.807) is 6.08 Å². The number of aliphatic hydroxyl groups is 1. The number of phenols is 1. The lowest BCUT2D eigenvalue weighted by Crippen LogP contribution is -2.25. The van der Waals surface area contributed by atoms with Crippen LogP contribution < -0.4 is 14.9 Å². The third kappa shape index (κ3) is 5.39. The van der Waals surface area contributed by atoms with Crippen molar-refractivity contribution < 1.29 is 38.8 Å². The first kappa shape index (κ1) is 23.6. The number of hydrogen-bond acceptors (Lipinski definition) is 8. The zero-order valence-electron chi connectivity index (χ0n) is 17.7. The molecule has 0 spiro atoms. The molecule has 1 heterocycles. The van der Waals surface area contributed by atoms with Crippen molar-refractivity contribution in [3.63, 3.8) is 0 Å². The summed E-state index contributed by atoms with van der Waals surface area (Å²) in [6.07, 6.45) is 0.749. The maximum atomic E-state index is 12.0. The number of carboxylic acids is 1. The number of allylic oxidation sites excluding steroid dienone is 1. The Bertz CT molecular complexity index is 1270. The van der Waals surface area contributed by atoms with Crippen LogP contribution in [0.5, 0.6) is 17.2 Å². The second kappa shape index (κ2) is 10.0. The first-order chi connectivity index (χ1) is 15.7. The Hall–Kier alpha value is -4.11. The Balaban J connectivity index is 1.68. The van der Waals surface area contributed by atoms with E-state index in [0.717, 1.165) is 6.07 Å². The van der Waals surface area contributed by atoms with Crippen LogP contribution in [0.2, 0.25) is 0 Å². The van der Waals surface area contributed by atoms with Crippen LogP contribution >= 0.6 is 0 Å². The Kier molecular flexibility index (Phi) is 7.14. The van der Waals surface area contributed by atoms with Crippen LogP contribution in [0.3, 0.4) is 0 Å². The third-order valence-corrected chi connectivity index (χ3v) is 4.75. The van der Waals surface area contributed by atoms with Gasteiger partial charge in [0, 0.05) is 17.7 Å². The van der Waals surface area contributed by atoms with Gasteiger partial charge in [0.1, 0.15) is 42.1 Å². The van der Waals surface area contributed by atoms with Crippen molar-refractivity contribution in [2.24, 2.45) is 0 Å². The first-order valence-electron chi connectivity index (χ1n) is 9.92. The molecule has 172 valence electrons. The number of fused-ring (bicyclic) bond motifs is 1. The molecule has 0 aliphatic heterocycles. The number of hydrogen-bond donors (Lipinski definition) is 3. The van der Waals surface area contributed by atoms with E-state index in [0.29, 0.717) is 11.3 Å². The predicted octanol–water partition coefficient (Wildman–Crippen LogP) is 2.95. The van der Waals surface area contributed by atoms with Crippen LogP contribution in [0, 0.1) is 0 Å². The van der Waals surface area contributed by atoms with Crippen molar-refractivity contribution in [2.45, 2.75) is 19.4 Å². The number of rotatable bonds is 10. The summed E-state index contributed by atoms with van der Waals surface area (Å²) >= 11 is 0. The number of Topliss-reactive ketones (excluding diaryl/α,β-unsaturated/α-hetero) is 1. The van der Waals surface area contributed by atoms with E-state index >= 15 is 0 Å². The lowest BCUT2D eigenvalue weighted by atomic mass is 10.0. The smallest absolute Gasteiger partial charge is 0.371 e. The number of ether oxygens (including phenoxy) is 2. The van der Waals surface area contributed by atoms with Gasteiger partial charge in [-0.05, 0) is 37.6 Å². The summed E-state index contributed by atoms with van der Waals surface area (Å²) < 4.78 is 16.3. The highest BCUT2D eigenvalue weighted by molar-refractivity contribution is 5.97. The molecule has 0 aliphatic carbocycles. The molecule has 1 unspecified atom stereocenters. The number of aromatic hydroxyl groups is 1. The summed E-state index contributed by atoms with van der Waals surface area (Å²) in [5.74, 6) is -1.80. The van der Waals surface area contributed by atoms with Crippen molar-refractivity contribution in [3.8, 4) is 17.2 Å². The quantitative estimate of drug-likeness (QED) is 0.311. The van der Waals surface area contributed by atoms with Crippen molar-refractivity contribution in [2.75, 3.05) is 13.2 Å². The minimum Gasteiger partial charge on any atom is -0.507 e. The molecule has 0 radical (unpaired) electrons. The maximum absolute atomic E-state index is 12.0. The van der Waals surface area contributed by atoms with E-state index in [2.05, 4.69) is 6.58 Å². The topological polar surface area (TPSA) is 144 Å². The average molecular weight is 454 g/mol. The SMILES string of the molecule is C=CCc1c(OCC(O)COc2ccc3c(=O)cc(C(=O)O)oc3c2)ccc(C(C)=O)c1O. The summed E-state index contributed by atoms with van der Waals surface area (Å²) in [6.45, 7) is 4.62. The minimum atomic E-state index is -1.37. The predicted molar refractivity (Wildman–Crippen MR) is 118 cm³/mol. The maximum Gasteiger partial charge on any atom is 0.371 e. The number of benzene rings is 2. The number of aromatic carboxylic acids is 1. The van der Waals surface area contributed by atoms with Gasteiger partial charge >= 0.3 is 5.97 Å². The van der Waals surface area contributed by atoms with Gasteiger partial charge in [-0.2, -0.15) is 0 Å². The highest BCUT2D eigenvalue weighted by atomic mass is 16.5. The van der Waals surface area contributed by atoms with Gasteiger partial charge in [0.2, 0.25) is 5.76 Å². The van der Waals surface area contributed by atoms with Gasteiger partial charge in [-0.15, -0.1) is 6.58 Å². The highest BCUT2D eigenvalue weighted by Crippen LogP contribution is 2.32. The van der Waals surface area contributed by atoms with Crippen LogP contribution in [0.25, 0.3) is 11.0 Å². The van der Waals surface area contributed by atoms with Crippen LogP contribution in [0.4, 0.5) is 0 Å². The van der Waals surface area contributed by atoms with Crippen LogP contribution in [-0.2, 0) is 6.42 Å². The molecule has 0 bridgehead atoms. The minimum absolute atomic E-state index is 0.0400. The molecule has 9 heteroatoms. The van der Waals surface area contributed by atoms with E-state index in [1.807, 2.05) is 0 Å². The summed E-state index contributed by atoms with van der Waals surface area (Å²) in [6, 6.07) is 8.16. The second-order valence-electron chi connectivity index (χ2n) is 7.20. The number of carbonyl (C=O) groups is 2. The Morgan fingerprint density at radius 1 is 1.15 bits per heavy atom. The molecule has 0 fully saturated rings. The van der Waals surface area contributed by atoms with Crippen molar-refractivity contribution in [3.05, 3.63) is 76.2 Å². The molecule has 0 aliphatic rings. The summed E-state index contributed by atoms with van der Waals surface area (Å²) in [4.78, 5) is 34.7. The lowest BCUT2D eigenvalue weighted by molar-refractivity contribution is 0.0622. The summed E-state index contributed by atoms with van der Waals surface area (Å²) in [7, 11) is 0. The Labute approximate surface area is 188 Å². The zero-order chi connectivity index (χ0) is 24.1. The molecular formula is C24H22O9. The molecule has 33 heavy (non-hydrogen) atoms. The first-order valence-corrected chi connectivity index (χ1v) is 9.92. The van der Waals surface area contributed by atoms with E-state index in [-0.39, 0.29) is 53.4 Å². The van der Waals surface area contributed by atoms with Crippen molar-refractivity contribution in [1.29, 1.82) is 0 Å². The average Bonchev–Trinajstić information content (AvgIpc) is 2.77. The molecule has 1 atom stereocenters. The zero-order valence-corrected chi connectivity index (χ0v) is 17.7. The van der Waals surface area contributed by atoms with Gasteiger partial charge in [0.05, 0.1) is 10.9 Å². The number of carboxylic acid groups (broad SMARTS) is 1. The van der Waals surface area contributed by atoms with Crippen molar-refractivity contribution in [1.82, 2.24) is 0 Å². The molecule has 2 aromatic carbocycles. The van der Waals surface area contributed by atoms with Gasteiger partial charge in [-0.1, -0.05) is 6.08 Å². The fourth-order valence-corrected chi connectivity index (χ4v) is 3.14. The summed E-state index contributed by atoms with van der Waals surface area (Å²) in [5.41, 5.74) is 0.0861. The van der Waals surface area contributed by atoms with E-state index in [1.165, 1.54) is 37.3 Å². The van der Waals surface area contributed by atoms with Gasteiger partial charge < -0.3 is 29.2 Å². The van der Waals surface area contributed by atoms with Crippen LogP contribution in [-0.4, -0.2) is 46.4 Å². The molecule has 3 N–H and O–H groups in total. The fourth-order valence-electron chi connectivity index (χ4n) is 3.14.